The van der Waals surface area contributed by atoms with Crippen molar-refractivity contribution in [3.8, 4) is 0 Å². The summed E-state index contributed by atoms with van der Waals surface area (Å²) < 4.78 is 0. The SMILES string of the molecule is O=C(CNCC1(O)CCC1)Nc1ccccc1Cl. The molecule has 3 N–H and O–H groups in total. The Hall–Kier alpha value is -1.10. The Morgan fingerprint density at radius 3 is 2.72 bits per heavy atom. The molecule has 1 saturated carbocycles. The second-order valence-corrected chi connectivity index (χ2v) is 5.12. The van der Waals surface area contributed by atoms with Gasteiger partial charge in [-0.15, -0.1) is 0 Å². The number of rotatable bonds is 5. The molecule has 98 valence electrons. The van der Waals surface area contributed by atoms with Gasteiger partial charge in [-0.1, -0.05) is 23.7 Å². The summed E-state index contributed by atoms with van der Waals surface area (Å²) in [6.07, 6.45) is 2.68. The van der Waals surface area contributed by atoms with Crippen molar-refractivity contribution in [2.24, 2.45) is 0 Å². The van der Waals surface area contributed by atoms with Crippen LogP contribution in [0, 0.1) is 0 Å². The Kier molecular flexibility index (Phi) is 4.22. The van der Waals surface area contributed by atoms with E-state index in [1.54, 1.807) is 12.1 Å². The first-order valence-corrected chi connectivity index (χ1v) is 6.44. The molecule has 0 saturated heterocycles. The average Bonchev–Trinajstić information content (AvgIpc) is 2.30. The van der Waals surface area contributed by atoms with Gasteiger partial charge in [-0.05, 0) is 31.4 Å². The van der Waals surface area contributed by atoms with Crippen LogP contribution >= 0.6 is 11.6 Å². The van der Waals surface area contributed by atoms with Gasteiger partial charge in [-0.2, -0.15) is 0 Å². The molecule has 0 atom stereocenters. The molecular formula is C13H17ClN2O2. The molecule has 0 aliphatic heterocycles. The number of amides is 1. The summed E-state index contributed by atoms with van der Waals surface area (Å²) >= 11 is 5.93. The molecule has 0 unspecified atom stereocenters. The van der Waals surface area contributed by atoms with E-state index in [2.05, 4.69) is 10.6 Å². The molecule has 0 bridgehead atoms. The fourth-order valence-electron chi connectivity index (χ4n) is 1.93. The van der Waals surface area contributed by atoms with Gasteiger partial charge in [0.05, 0.1) is 22.9 Å². The third kappa shape index (κ3) is 3.45. The summed E-state index contributed by atoms with van der Waals surface area (Å²) in [7, 11) is 0. The fraction of sp³-hybridized carbons (Fsp3) is 0.462. The largest absolute Gasteiger partial charge is 0.389 e. The fourth-order valence-corrected chi connectivity index (χ4v) is 2.11. The van der Waals surface area contributed by atoms with Gasteiger partial charge in [0.2, 0.25) is 5.91 Å². The van der Waals surface area contributed by atoms with Crippen molar-refractivity contribution >= 4 is 23.2 Å². The first-order chi connectivity index (χ1) is 8.59. The van der Waals surface area contributed by atoms with Crippen LogP contribution in [0.1, 0.15) is 19.3 Å². The number of hydrogen-bond acceptors (Lipinski definition) is 3. The monoisotopic (exact) mass is 268 g/mol. The van der Waals surface area contributed by atoms with Crippen LogP contribution in [0.2, 0.25) is 5.02 Å². The highest BCUT2D eigenvalue weighted by Crippen LogP contribution is 2.30. The number of aliphatic hydroxyl groups is 1. The van der Waals surface area contributed by atoms with Gasteiger partial charge in [0.1, 0.15) is 0 Å². The maximum atomic E-state index is 11.6. The van der Waals surface area contributed by atoms with Crippen LogP contribution < -0.4 is 10.6 Å². The lowest BCUT2D eigenvalue weighted by Gasteiger charge is -2.36. The lowest BCUT2D eigenvalue weighted by Crippen LogP contribution is -2.47. The highest BCUT2D eigenvalue weighted by atomic mass is 35.5. The molecule has 1 fully saturated rings. The number of halogens is 1. The van der Waals surface area contributed by atoms with Crippen LogP contribution in [-0.4, -0.2) is 29.7 Å². The predicted octanol–water partition coefficient (Wildman–Crippen LogP) is 1.78. The van der Waals surface area contributed by atoms with E-state index in [1.165, 1.54) is 0 Å². The van der Waals surface area contributed by atoms with Crippen molar-refractivity contribution in [2.45, 2.75) is 24.9 Å². The number of nitrogens with one attached hydrogen (secondary N) is 2. The average molecular weight is 269 g/mol. The summed E-state index contributed by atoms with van der Waals surface area (Å²) in [6, 6.07) is 7.09. The van der Waals surface area contributed by atoms with E-state index in [0.29, 0.717) is 17.3 Å². The van der Waals surface area contributed by atoms with Crippen LogP contribution in [0.4, 0.5) is 5.69 Å². The molecule has 4 nitrogen and oxygen atoms in total. The minimum atomic E-state index is -0.606. The molecule has 2 rings (SSSR count). The van der Waals surface area contributed by atoms with Gasteiger partial charge in [-0.25, -0.2) is 0 Å². The molecule has 1 aromatic rings. The number of anilines is 1. The van der Waals surface area contributed by atoms with Crippen LogP contribution in [0.15, 0.2) is 24.3 Å². The van der Waals surface area contributed by atoms with Crippen molar-refractivity contribution in [2.75, 3.05) is 18.4 Å². The van der Waals surface area contributed by atoms with Gasteiger partial charge >= 0.3 is 0 Å². The zero-order valence-corrected chi connectivity index (χ0v) is 10.8. The Labute approximate surface area is 111 Å². The summed E-state index contributed by atoms with van der Waals surface area (Å²) in [5, 5.41) is 16.0. The van der Waals surface area contributed by atoms with Crippen molar-refractivity contribution in [1.29, 1.82) is 0 Å². The van der Waals surface area contributed by atoms with E-state index in [9.17, 15) is 9.90 Å². The Morgan fingerprint density at radius 2 is 2.11 bits per heavy atom. The van der Waals surface area contributed by atoms with Crippen LogP contribution in [0.3, 0.4) is 0 Å². The number of hydrogen-bond donors (Lipinski definition) is 3. The summed E-state index contributed by atoms with van der Waals surface area (Å²) in [5.74, 6) is -0.161. The third-order valence-electron chi connectivity index (χ3n) is 3.17. The van der Waals surface area contributed by atoms with E-state index in [-0.39, 0.29) is 12.5 Å². The van der Waals surface area contributed by atoms with Crippen LogP contribution in [-0.2, 0) is 4.79 Å². The second kappa shape index (κ2) is 5.69. The van der Waals surface area contributed by atoms with Gasteiger partial charge in [0.15, 0.2) is 0 Å². The number of para-hydroxylation sites is 1. The molecule has 1 aliphatic rings. The molecule has 1 aliphatic carbocycles. The zero-order chi connectivity index (χ0) is 13.0. The molecule has 18 heavy (non-hydrogen) atoms. The molecule has 0 spiro atoms. The summed E-state index contributed by atoms with van der Waals surface area (Å²) in [6.45, 7) is 0.635. The topological polar surface area (TPSA) is 61.4 Å². The first-order valence-electron chi connectivity index (χ1n) is 6.07. The maximum absolute atomic E-state index is 11.6. The number of carbonyl (C=O) groups is 1. The molecule has 0 radical (unpaired) electrons. The highest BCUT2D eigenvalue weighted by molar-refractivity contribution is 6.33. The lowest BCUT2D eigenvalue weighted by atomic mass is 9.80. The van der Waals surface area contributed by atoms with Crippen LogP contribution in [0.5, 0.6) is 0 Å². The quantitative estimate of drug-likeness (QED) is 0.763. The molecule has 1 aromatic carbocycles. The second-order valence-electron chi connectivity index (χ2n) is 4.71. The lowest BCUT2D eigenvalue weighted by molar-refractivity contribution is -0.115. The molecular weight excluding hydrogens is 252 g/mol. The summed E-state index contributed by atoms with van der Waals surface area (Å²) in [5.41, 5.74) is -0.00155. The van der Waals surface area contributed by atoms with Crippen molar-refractivity contribution < 1.29 is 9.90 Å². The standard InChI is InChI=1S/C13H17ClN2O2/c14-10-4-1-2-5-11(10)16-12(17)8-15-9-13(18)6-3-7-13/h1-2,4-5,15,18H,3,6-9H2,(H,16,17). The zero-order valence-electron chi connectivity index (χ0n) is 10.1. The minimum Gasteiger partial charge on any atom is -0.389 e. The van der Waals surface area contributed by atoms with Gasteiger partial charge in [-0.3, -0.25) is 4.79 Å². The van der Waals surface area contributed by atoms with Gasteiger partial charge in [0.25, 0.3) is 0 Å². The highest BCUT2D eigenvalue weighted by Gasteiger charge is 2.33. The van der Waals surface area contributed by atoms with E-state index >= 15 is 0 Å². The van der Waals surface area contributed by atoms with E-state index in [0.717, 1.165) is 19.3 Å². The van der Waals surface area contributed by atoms with Crippen molar-refractivity contribution in [3.05, 3.63) is 29.3 Å². The molecule has 0 heterocycles. The number of carbonyl (C=O) groups excluding carboxylic acids is 1. The van der Waals surface area contributed by atoms with E-state index in [4.69, 9.17) is 11.6 Å². The van der Waals surface area contributed by atoms with Gasteiger partial charge < -0.3 is 15.7 Å². The Morgan fingerprint density at radius 1 is 1.39 bits per heavy atom. The Balaban J connectivity index is 1.74. The molecule has 5 heteroatoms. The Bertz CT molecular complexity index is 433. The van der Waals surface area contributed by atoms with Crippen molar-refractivity contribution in [3.63, 3.8) is 0 Å². The van der Waals surface area contributed by atoms with Gasteiger partial charge in [0, 0.05) is 6.54 Å². The summed E-state index contributed by atoms with van der Waals surface area (Å²) in [4.78, 5) is 11.6. The van der Waals surface area contributed by atoms with E-state index < -0.39 is 5.60 Å². The molecule has 1 amide bonds. The van der Waals surface area contributed by atoms with E-state index in [1.807, 2.05) is 12.1 Å². The normalized spacial score (nSPS) is 17.0. The smallest absolute Gasteiger partial charge is 0.238 e. The first kappa shape index (κ1) is 13.3. The predicted molar refractivity (Wildman–Crippen MR) is 71.8 cm³/mol. The number of benzene rings is 1. The minimum absolute atomic E-state index is 0.161. The third-order valence-corrected chi connectivity index (χ3v) is 3.50. The maximum Gasteiger partial charge on any atom is 0.238 e. The van der Waals surface area contributed by atoms with Crippen LogP contribution in [0.25, 0.3) is 0 Å². The molecule has 0 aromatic heterocycles. The van der Waals surface area contributed by atoms with Crippen molar-refractivity contribution in [1.82, 2.24) is 5.32 Å².